The summed E-state index contributed by atoms with van der Waals surface area (Å²) in [6, 6.07) is 0. The number of halogens is 2. The molecular formula is C26H42Cl2Ti. The van der Waals surface area contributed by atoms with Crippen LogP contribution in [0.5, 0.6) is 0 Å². The molecule has 2 unspecified atom stereocenters. The SMILES string of the molecule is CCCCC(CC)CC1=[C-]CC=C1.CCCCC(CC)CC1=[C-]CC=C1.[Cl-].[Cl-].[Ti+4]. The molecule has 0 aromatic carbocycles. The van der Waals surface area contributed by atoms with Crippen molar-refractivity contribution in [3.05, 3.63) is 47.6 Å². The third kappa shape index (κ3) is 16.6. The molecule has 0 bridgehead atoms. The summed E-state index contributed by atoms with van der Waals surface area (Å²) in [6.45, 7) is 9.15. The first kappa shape index (κ1) is 33.9. The maximum Gasteiger partial charge on any atom is 4.00 e. The zero-order valence-electron chi connectivity index (χ0n) is 19.2. The van der Waals surface area contributed by atoms with Crippen molar-refractivity contribution in [3.63, 3.8) is 0 Å². The van der Waals surface area contributed by atoms with Gasteiger partial charge in [-0.1, -0.05) is 91.9 Å². The molecule has 0 saturated carbocycles. The summed E-state index contributed by atoms with van der Waals surface area (Å²) in [5, 5.41) is 0. The van der Waals surface area contributed by atoms with Gasteiger partial charge in [-0.3, -0.25) is 12.2 Å². The summed E-state index contributed by atoms with van der Waals surface area (Å²) < 4.78 is 0. The molecule has 0 aromatic heterocycles. The van der Waals surface area contributed by atoms with Gasteiger partial charge in [-0.25, -0.2) is 23.3 Å². The smallest absolute Gasteiger partial charge is 1.00 e. The number of rotatable bonds is 12. The van der Waals surface area contributed by atoms with Gasteiger partial charge >= 0.3 is 21.7 Å². The van der Waals surface area contributed by atoms with Crippen molar-refractivity contribution in [1.82, 2.24) is 0 Å². The number of allylic oxidation sites excluding steroid dienone is 8. The first-order valence-electron chi connectivity index (χ1n) is 11.3. The fourth-order valence-corrected chi connectivity index (χ4v) is 3.69. The van der Waals surface area contributed by atoms with Crippen LogP contribution in [0.4, 0.5) is 0 Å². The van der Waals surface area contributed by atoms with Crippen molar-refractivity contribution < 1.29 is 46.5 Å². The molecule has 0 radical (unpaired) electrons. The van der Waals surface area contributed by atoms with Gasteiger partial charge in [0.15, 0.2) is 0 Å². The maximum absolute atomic E-state index is 3.40. The fraction of sp³-hybridized carbons (Fsp3) is 0.692. The normalized spacial score (nSPS) is 15.7. The molecular weight excluding hydrogens is 431 g/mol. The van der Waals surface area contributed by atoms with E-state index in [9.17, 15) is 0 Å². The predicted octanol–water partition coefficient (Wildman–Crippen LogP) is 2.57. The van der Waals surface area contributed by atoms with Crippen molar-refractivity contribution in [1.29, 1.82) is 0 Å². The molecule has 2 atom stereocenters. The average Bonchev–Trinajstić information content (AvgIpc) is 3.36. The Labute approximate surface area is 209 Å². The van der Waals surface area contributed by atoms with E-state index in [2.05, 4.69) is 64.2 Å². The molecule has 0 nitrogen and oxygen atoms in total. The van der Waals surface area contributed by atoms with Gasteiger partial charge in [0.05, 0.1) is 0 Å². The maximum atomic E-state index is 3.40. The van der Waals surface area contributed by atoms with E-state index in [1.54, 1.807) is 0 Å². The van der Waals surface area contributed by atoms with Gasteiger partial charge in [0.2, 0.25) is 0 Å². The molecule has 29 heavy (non-hydrogen) atoms. The van der Waals surface area contributed by atoms with Crippen molar-refractivity contribution in [3.8, 4) is 0 Å². The van der Waals surface area contributed by atoms with E-state index in [0.29, 0.717) is 0 Å². The van der Waals surface area contributed by atoms with Crippen LogP contribution in [0.1, 0.15) is 105 Å². The van der Waals surface area contributed by atoms with Crippen LogP contribution in [0.3, 0.4) is 0 Å². The van der Waals surface area contributed by atoms with Gasteiger partial charge in [0.1, 0.15) is 0 Å². The molecule has 0 aromatic rings. The topological polar surface area (TPSA) is 0 Å². The molecule has 2 rings (SSSR count). The molecule has 3 heteroatoms. The van der Waals surface area contributed by atoms with Gasteiger partial charge in [0, 0.05) is 0 Å². The van der Waals surface area contributed by atoms with Gasteiger partial charge in [0.25, 0.3) is 0 Å². The molecule has 0 N–H and O–H groups in total. The Balaban J connectivity index is -0.000000422. The van der Waals surface area contributed by atoms with E-state index >= 15 is 0 Å². The van der Waals surface area contributed by atoms with E-state index in [1.165, 1.54) is 75.4 Å². The number of hydrogen-bond donors (Lipinski definition) is 0. The van der Waals surface area contributed by atoms with E-state index in [-0.39, 0.29) is 46.5 Å². The fourth-order valence-electron chi connectivity index (χ4n) is 3.69. The van der Waals surface area contributed by atoms with Crippen molar-refractivity contribution in [2.24, 2.45) is 11.8 Å². The Morgan fingerprint density at radius 1 is 0.724 bits per heavy atom. The van der Waals surface area contributed by atoms with Crippen LogP contribution in [-0.4, -0.2) is 0 Å². The summed E-state index contributed by atoms with van der Waals surface area (Å²) >= 11 is 0. The average molecular weight is 473 g/mol. The molecule has 0 amide bonds. The second-order valence-corrected chi connectivity index (χ2v) is 7.86. The Morgan fingerprint density at radius 2 is 1.10 bits per heavy atom. The molecule has 2 aliphatic carbocycles. The number of unbranched alkanes of at least 4 members (excludes halogenated alkanes) is 2. The standard InChI is InChI=1S/2C13H21.2ClH.Ti/c2*1-3-5-8-12(4-2)11-13-9-6-7-10-13;;;/h2*6,9,12H,3-5,7-8,11H2,1-2H3;2*1H;/q2*-1;;;+4/p-2. The monoisotopic (exact) mass is 472 g/mol. The van der Waals surface area contributed by atoms with Crippen LogP contribution >= 0.6 is 0 Å². The molecule has 0 fully saturated rings. The molecule has 0 spiro atoms. The Morgan fingerprint density at radius 3 is 1.34 bits per heavy atom. The van der Waals surface area contributed by atoms with Crippen molar-refractivity contribution in [2.75, 3.05) is 0 Å². The minimum atomic E-state index is 0. The van der Waals surface area contributed by atoms with Gasteiger partial charge in [-0.2, -0.15) is 12.2 Å². The summed E-state index contributed by atoms with van der Waals surface area (Å²) in [4.78, 5) is 0. The first-order chi connectivity index (χ1) is 12.7. The van der Waals surface area contributed by atoms with Crippen LogP contribution in [0, 0.1) is 24.0 Å². The van der Waals surface area contributed by atoms with Gasteiger partial charge in [-0.05, 0) is 11.8 Å². The third-order valence-corrected chi connectivity index (χ3v) is 5.64. The van der Waals surface area contributed by atoms with Crippen LogP contribution < -0.4 is 24.8 Å². The summed E-state index contributed by atoms with van der Waals surface area (Å²) in [5.74, 6) is 1.79. The Bertz CT molecular complexity index is 433. The molecule has 164 valence electrons. The Kier molecular flexibility index (Phi) is 26.8. The molecule has 2 aliphatic rings. The van der Waals surface area contributed by atoms with Crippen LogP contribution in [0.25, 0.3) is 0 Å². The molecule has 0 heterocycles. The van der Waals surface area contributed by atoms with Crippen LogP contribution in [0.15, 0.2) is 35.5 Å². The summed E-state index contributed by atoms with van der Waals surface area (Å²) in [5.41, 5.74) is 2.89. The largest absolute Gasteiger partial charge is 4.00 e. The zero-order chi connectivity index (χ0) is 19.0. The third-order valence-electron chi connectivity index (χ3n) is 5.64. The van der Waals surface area contributed by atoms with E-state index in [4.69, 9.17) is 0 Å². The summed E-state index contributed by atoms with van der Waals surface area (Å²) in [6.07, 6.45) is 31.2. The predicted molar refractivity (Wildman–Crippen MR) is 117 cm³/mol. The van der Waals surface area contributed by atoms with Gasteiger partial charge < -0.3 is 24.8 Å². The quantitative estimate of drug-likeness (QED) is 0.302. The minimum absolute atomic E-state index is 0. The Hall–Kier alpha value is 0.254. The summed E-state index contributed by atoms with van der Waals surface area (Å²) in [7, 11) is 0. The minimum Gasteiger partial charge on any atom is -1.00 e. The van der Waals surface area contributed by atoms with Crippen LogP contribution in [0.2, 0.25) is 0 Å². The second-order valence-electron chi connectivity index (χ2n) is 7.86. The van der Waals surface area contributed by atoms with Crippen molar-refractivity contribution in [2.45, 2.75) is 105 Å². The molecule has 0 saturated heterocycles. The van der Waals surface area contributed by atoms with E-state index in [1.807, 2.05) is 0 Å². The van der Waals surface area contributed by atoms with Crippen molar-refractivity contribution >= 4 is 0 Å². The molecule has 0 aliphatic heterocycles. The first-order valence-corrected chi connectivity index (χ1v) is 11.3. The second kappa shape index (κ2) is 22.9. The van der Waals surface area contributed by atoms with E-state index < -0.39 is 0 Å². The van der Waals surface area contributed by atoms with E-state index in [0.717, 1.165) is 24.7 Å². The van der Waals surface area contributed by atoms with Gasteiger partial charge in [-0.15, -0.1) is 12.8 Å². The van der Waals surface area contributed by atoms with Crippen LogP contribution in [-0.2, 0) is 21.7 Å². The number of hydrogen-bond acceptors (Lipinski definition) is 0. The zero-order valence-corrected chi connectivity index (χ0v) is 22.3.